The molecule has 0 bridgehead atoms. The van der Waals surface area contributed by atoms with Crippen LogP contribution < -0.4 is 10.5 Å². The lowest BCUT2D eigenvalue weighted by Crippen LogP contribution is -2.44. The van der Waals surface area contributed by atoms with Crippen molar-refractivity contribution in [2.45, 2.75) is 17.9 Å². The number of benzene rings is 1. The topological polar surface area (TPSA) is 108 Å². The Labute approximate surface area is 123 Å². The van der Waals surface area contributed by atoms with E-state index >= 15 is 0 Å². The summed E-state index contributed by atoms with van der Waals surface area (Å²) in [6.45, 7) is 1.50. The predicted octanol–water partition coefficient (Wildman–Crippen LogP) is 0.505. The van der Waals surface area contributed by atoms with Gasteiger partial charge in [0.15, 0.2) is 0 Å². The molecule has 0 radical (unpaired) electrons. The third kappa shape index (κ3) is 3.01. The summed E-state index contributed by atoms with van der Waals surface area (Å²) in [7, 11) is -0.684. The fraction of sp³-hybridized carbons (Fsp3) is 0.308. The lowest BCUT2D eigenvalue weighted by molar-refractivity contribution is -0.130. The number of aromatic nitrogens is 1. The number of carbonyl (C=O) groups is 1. The third-order valence-electron chi connectivity index (χ3n) is 3.10. The summed E-state index contributed by atoms with van der Waals surface area (Å²) in [5.41, 5.74) is 6.83. The molecule has 8 heteroatoms. The summed E-state index contributed by atoms with van der Waals surface area (Å²) in [6, 6.07) is 4.12. The van der Waals surface area contributed by atoms with E-state index in [1.165, 1.54) is 18.0 Å². The minimum Gasteiger partial charge on any atom is -0.399 e. The van der Waals surface area contributed by atoms with Crippen molar-refractivity contribution >= 4 is 32.5 Å². The van der Waals surface area contributed by atoms with Crippen LogP contribution in [0.2, 0.25) is 0 Å². The van der Waals surface area contributed by atoms with Crippen molar-refractivity contribution in [2.75, 3.05) is 19.8 Å². The molecule has 0 saturated heterocycles. The second kappa shape index (κ2) is 5.38. The van der Waals surface area contributed by atoms with Gasteiger partial charge >= 0.3 is 0 Å². The zero-order valence-electron chi connectivity index (χ0n) is 12.0. The Hall–Kier alpha value is -2.06. The Balaban J connectivity index is 2.38. The Morgan fingerprint density at radius 1 is 1.38 bits per heavy atom. The number of rotatable bonds is 4. The van der Waals surface area contributed by atoms with Crippen molar-refractivity contribution in [3.63, 3.8) is 0 Å². The Kier molecular flexibility index (Phi) is 3.93. The van der Waals surface area contributed by atoms with Crippen LogP contribution in [0.1, 0.15) is 6.92 Å². The highest BCUT2D eigenvalue weighted by molar-refractivity contribution is 7.89. The number of fused-ring (bicyclic) bond motifs is 1. The van der Waals surface area contributed by atoms with Crippen LogP contribution in [0, 0.1) is 0 Å². The molecule has 1 aromatic carbocycles. The largest absolute Gasteiger partial charge is 0.399 e. The molecule has 0 saturated carbocycles. The lowest BCUT2D eigenvalue weighted by Gasteiger charge is -2.17. The third-order valence-corrected chi connectivity index (χ3v) is 4.68. The molecule has 2 aromatic rings. The molecule has 1 aromatic heterocycles. The van der Waals surface area contributed by atoms with Gasteiger partial charge in [0.25, 0.3) is 0 Å². The van der Waals surface area contributed by atoms with Gasteiger partial charge in [-0.1, -0.05) is 0 Å². The summed E-state index contributed by atoms with van der Waals surface area (Å²) in [4.78, 5) is 16.1. The Morgan fingerprint density at radius 3 is 2.67 bits per heavy atom. The number of amides is 1. The van der Waals surface area contributed by atoms with Crippen LogP contribution in [0.25, 0.3) is 10.9 Å². The van der Waals surface area contributed by atoms with Crippen molar-refractivity contribution < 1.29 is 13.2 Å². The minimum absolute atomic E-state index is 0.0724. The van der Waals surface area contributed by atoms with Gasteiger partial charge in [0.05, 0.1) is 6.04 Å². The van der Waals surface area contributed by atoms with Gasteiger partial charge in [-0.3, -0.25) is 4.79 Å². The molecule has 0 aliphatic carbocycles. The van der Waals surface area contributed by atoms with Gasteiger partial charge in [-0.2, -0.15) is 4.72 Å². The summed E-state index contributed by atoms with van der Waals surface area (Å²) in [5.74, 6) is -0.321. The normalized spacial score (nSPS) is 13.3. The SMILES string of the molecule is CC(NS(=O)(=O)c1c[nH]c2ccc(N)cc12)C(=O)N(C)C. The number of nitrogens with two attached hydrogens (primary N) is 1. The van der Waals surface area contributed by atoms with Gasteiger partial charge in [-0.05, 0) is 25.1 Å². The van der Waals surface area contributed by atoms with Crippen molar-refractivity contribution in [3.8, 4) is 0 Å². The highest BCUT2D eigenvalue weighted by atomic mass is 32.2. The van der Waals surface area contributed by atoms with Gasteiger partial charge in [0.2, 0.25) is 15.9 Å². The van der Waals surface area contributed by atoms with Crippen LogP contribution in [-0.4, -0.2) is 44.3 Å². The van der Waals surface area contributed by atoms with Gasteiger partial charge in [0.1, 0.15) is 4.90 Å². The predicted molar refractivity (Wildman–Crippen MR) is 81.2 cm³/mol. The van der Waals surface area contributed by atoms with E-state index in [1.54, 1.807) is 32.3 Å². The maximum Gasteiger partial charge on any atom is 0.243 e. The van der Waals surface area contributed by atoms with E-state index in [4.69, 9.17) is 5.73 Å². The number of nitrogen functional groups attached to an aromatic ring is 1. The average Bonchev–Trinajstić information content (AvgIpc) is 2.80. The molecule has 21 heavy (non-hydrogen) atoms. The van der Waals surface area contributed by atoms with Crippen molar-refractivity contribution in [2.24, 2.45) is 0 Å². The van der Waals surface area contributed by atoms with Crippen LogP contribution in [0.15, 0.2) is 29.3 Å². The minimum atomic E-state index is -3.82. The molecule has 114 valence electrons. The van der Waals surface area contributed by atoms with E-state index in [1.807, 2.05) is 0 Å². The molecular formula is C13H18N4O3S. The van der Waals surface area contributed by atoms with Crippen LogP contribution in [0.5, 0.6) is 0 Å². The summed E-state index contributed by atoms with van der Waals surface area (Å²) >= 11 is 0. The second-order valence-electron chi connectivity index (χ2n) is 5.03. The van der Waals surface area contributed by atoms with Crippen LogP contribution in [-0.2, 0) is 14.8 Å². The molecule has 2 rings (SSSR count). The van der Waals surface area contributed by atoms with E-state index in [0.717, 1.165) is 0 Å². The molecule has 4 N–H and O–H groups in total. The number of likely N-dealkylation sites (N-methyl/N-ethyl adjacent to an activating group) is 1. The fourth-order valence-electron chi connectivity index (χ4n) is 2.07. The highest BCUT2D eigenvalue weighted by Crippen LogP contribution is 2.24. The summed E-state index contributed by atoms with van der Waals surface area (Å²) in [6.07, 6.45) is 1.39. The van der Waals surface area contributed by atoms with Crippen molar-refractivity contribution in [3.05, 3.63) is 24.4 Å². The fourth-order valence-corrected chi connectivity index (χ4v) is 3.43. The molecule has 0 aliphatic heterocycles. The van der Waals surface area contributed by atoms with Gasteiger partial charge in [-0.25, -0.2) is 8.42 Å². The Morgan fingerprint density at radius 2 is 2.05 bits per heavy atom. The van der Waals surface area contributed by atoms with Crippen LogP contribution >= 0.6 is 0 Å². The zero-order chi connectivity index (χ0) is 15.8. The number of aromatic amines is 1. The molecule has 0 aliphatic rings. The number of anilines is 1. The first-order chi connectivity index (χ1) is 9.72. The number of nitrogens with zero attached hydrogens (tertiary/aromatic N) is 1. The first-order valence-corrected chi connectivity index (χ1v) is 7.81. The molecule has 1 amide bonds. The smallest absolute Gasteiger partial charge is 0.243 e. The molecule has 0 fully saturated rings. The van der Waals surface area contributed by atoms with E-state index in [2.05, 4.69) is 9.71 Å². The first kappa shape index (κ1) is 15.3. The maximum atomic E-state index is 12.4. The van der Waals surface area contributed by atoms with Gasteiger partial charge < -0.3 is 15.6 Å². The van der Waals surface area contributed by atoms with E-state index in [0.29, 0.717) is 16.6 Å². The quantitative estimate of drug-likeness (QED) is 0.715. The van der Waals surface area contributed by atoms with Crippen molar-refractivity contribution in [1.29, 1.82) is 0 Å². The maximum absolute atomic E-state index is 12.4. The number of H-pyrrole nitrogens is 1. The second-order valence-corrected chi connectivity index (χ2v) is 6.72. The standard InChI is InChI=1S/C13H18N4O3S/c1-8(13(18)17(2)3)16-21(19,20)12-7-15-11-5-4-9(14)6-10(11)12/h4-8,15-16H,14H2,1-3H3. The van der Waals surface area contributed by atoms with E-state index in [-0.39, 0.29) is 10.8 Å². The van der Waals surface area contributed by atoms with Crippen LogP contribution in [0.3, 0.4) is 0 Å². The Bertz CT molecular complexity index is 780. The molecule has 1 atom stereocenters. The monoisotopic (exact) mass is 310 g/mol. The number of hydrogen-bond donors (Lipinski definition) is 3. The number of hydrogen-bond acceptors (Lipinski definition) is 4. The van der Waals surface area contributed by atoms with E-state index in [9.17, 15) is 13.2 Å². The van der Waals surface area contributed by atoms with Gasteiger partial charge in [-0.15, -0.1) is 0 Å². The number of carbonyl (C=O) groups excluding carboxylic acids is 1. The molecule has 1 heterocycles. The lowest BCUT2D eigenvalue weighted by atomic mass is 10.2. The zero-order valence-corrected chi connectivity index (χ0v) is 12.9. The number of nitrogens with one attached hydrogen (secondary N) is 2. The highest BCUT2D eigenvalue weighted by Gasteiger charge is 2.25. The molecular weight excluding hydrogens is 292 g/mol. The van der Waals surface area contributed by atoms with Crippen molar-refractivity contribution in [1.82, 2.24) is 14.6 Å². The number of sulfonamides is 1. The summed E-state index contributed by atoms with van der Waals surface area (Å²) < 4.78 is 27.2. The summed E-state index contributed by atoms with van der Waals surface area (Å²) in [5, 5.41) is 0.493. The average molecular weight is 310 g/mol. The molecule has 0 spiro atoms. The molecule has 7 nitrogen and oxygen atoms in total. The van der Waals surface area contributed by atoms with Gasteiger partial charge in [0, 0.05) is 36.9 Å². The van der Waals surface area contributed by atoms with E-state index < -0.39 is 16.1 Å². The molecule has 1 unspecified atom stereocenters. The first-order valence-electron chi connectivity index (χ1n) is 6.32. The van der Waals surface area contributed by atoms with Crippen LogP contribution in [0.4, 0.5) is 5.69 Å².